The van der Waals surface area contributed by atoms with Gasteiger partial charge in [0.15, 0.2) is 0 Å². The van der Waals surface area contributed by atoms with Crippen molar-refractivity contribution in [2.24, 2.45) is 11.8 Å². The topological polar surface area (TPSA) is 156 Å². The van der Waals surface area contributed by atoms with E-state index in [1.807, 2.05) is 12.1 Å². The molecule has 2 aliphatic heterocycles. The van der Waals surface area contributed by atoms with Crippen LogP contribution in [0.25, 0.3) is 33.8 Å². The molecular weight excluding hydrogens is 576 g/mol. The van der Waals surface area contributed by atoms with Gasteiger partial charge in [-0.3, -0.25) is 14.5 Å². The van der Waals surface area contributed by atoms with Gasteiger partial charge in [0, 0.05) is 37.6 Å². The fraction of sp³-hybridized carbons (Fsp3) is 0.517. The lowest BCUT2D eigenvalue weighted by Gasteiger charge is -2.46. The average molecular weight is 609 g/mol. The molecule has 43 heavy (non-hydrogen) atoms. The molecule has 0 radical (unpaired) electrons. The molecule has 3 aliphatic rings. The SMILES string of the molecule is C[C@H]1CC[C@H](Cn2c(N3CCO[C@@H]4CN(C(=O)O)CC[C@H]43)nc3cc(-c4noc(=O)[nH]4)nc(-c4cncc(Cl)c4)c32)CC1. The van der Waals surface area contributed by atoms with E-state index in [0.29, 0.717) is 66.1 Å². The van der Waals surface area contributed by atoms with Crippen LogP contribution in [0, 0.1) is 11.8 Å². The van der Waals surface area contributed by atoms with Gasteiger partial charge in [-0.15, -0.1) is 0 Å². The first-order chi connectivity index (χ1) is 20.8. The van der Waals surface area contributed by atoms with Gasteiger partial charge in [-0.05, 0) is 43.2 Å². The zero-order valence-electron chi connectivity index (χ0n) is 23.8. The van der Waals surface area contributed by atoms with Crippen molar-refractivity contribution >= 4 is 34.7 Å². The average Bonchev–Trinajstić information content (AvgIpc) is 3.60. The summed E-state index contributed by atoms with van der Waals surface area (Å²) in [6.45, 7) is 4.92. The van der Waals surface area contributed by atoms with Gasteiger partial charge in [-0.1, -0.05) is 36.5 Å². The molecule has 0 aromatic carbocycles. The zero-order valence-corrected chi connectivity index (χ0v) is 24.5. The van der Waals surface area contributed by atoms with Crippen LogP contribution in [0.4, 0.5) is 10.7 Å². The lowest BCUT2D eigenvalue weighted by Crippen LogP contribution is -2.60. The number of amides is 1. The van der Waals surface area contributed by atoms with Gasteiger partial charge in [-0.25, -0.2) is 19.6 Å². The van der Waals surface area contributed by atoms with Crippen LogP contribution in [-0.4, -0.2) is 84.1 Å². The minimum Gasteiger partial charge on any atom is -0.465 e. The number of anilines is 1. The molecule has 13 nitrogen and oxygen atoms in total. The second-order valence-electron chi connectivity index (χ2n) is 11.9. The number of nitrogens with zero attached hydrogens (tertiary/aromatic N) is 7. The number of morpholine rings is 1. The highest BCUT2D eigenvalue weighted by Crippen LogP contribution is 2.38. The van der Waals surface area contributed by atoms with Gasteiger partial charge in [0.2, 0.25) is 11.8 Å². The largest absolute Gasteiger partial charge is 0.465 e. The highest BCUT2D eigenvalue weighted by molar-refractivity contribution is 6.30. The number of carboxylic acid groups (broad SMARTS) is 1. The van der Waals surface area contributed by atoms with E-state index in [-0.39, 0.29) is 18.0 Å². The molecule has 0 unspecified atom stereocenters. The summed E-state index contributed by atoms with van der Waals surface area (Å²) in [4.78, 5) is 44.4. The Morgan fingerprint density at radius 1 is 1.14 bits per heavy atom. The Morgan fingerprint density at radius 3 is 2.72 bits per heavy atom. The maximum absolute atomic E-state index is 11.8. The van der Waals surface area contributed by atoms with Crippen LogP contribution in [0.1, 0.15) is 39.0 Å². The molecular formula is C29H33ClN8O5. The van der Waals surface area contributed by atoms with Crippen molar-refractivity contribution < 1.29 is 19.2 Å². The molecule has 2 saturated heterocycles. The van der Waals surface area contributed by atoms with Gasteiger partial charge < -0.3 is 24.2 Å². The van der Waals surface area contributed by atoms with Crippen molar-refractivity contribution in [3.8, 4) is 22.8 Å². The van der Waals surface area contributed by atoms with E-state index in [2.05, 4.69) is 31.5 Å². The Kier molecular flexibility index (Phi) is 7.29. The monoisotopic (exact) mass is 608 g/mol. The molecule has 2 N–H and O–H groups in total. The molecule has 1 amide bonds. The number of hydrogen-bond donors (Lipinski definition) is 2. The molecule has 3 fully saturated rings. The summed E-state index contributed by atoms with van der Waals surface area (Å²) in [6, 6.07) is 3.61. The Balaban J connectivity index is 1.40. The zero-order chi connectivity index (χ0) is 29.7. The van der Waals surface area contributed by atoms with E-state index >= 15 is 0 Å². The smallest absolute Gasteiger partial charge is 0.439 e. The van der Waals surface area contributed by atoms with Crippen LogP contribution >= 0.6 is 11.6 Å². The first kappa shape index (κ1) is 27.8. The summed E-state index contributed by atoms with van der Waals surface area (Å²) < 4.78 is 13.2. The molecule has 14 heteroatoms. The number of pyridine rings is 2. The van der Waals surface area contributed by atoms with E-state index in [1.165, 1.54) is 17.7 Å². The fourth-order valence-electron chi connectivity index (χ4n) is 6.83. The minimum absolute atomic E-state index is 0.0260. The summed E-state index contributed by atoms with van der Waals surface area (Å²) >= 11 is 6.40. The number of aromatic amines is 1. The van der Waals surface area contributed by atoms with E-state index in [9.17, 15) is 14.7 Å². The molecule has 1 saturated carbocycles. The molecule has 4 aromatic heterocycles. The van der Waals surface area contributed by atoms with Crippen LogP contribution in [0.5, 0.6) is 0 Å². The van der Waals surface area contributed by atoms with Crippen LogP contribution in [0.2, 0.25) is 5.02 Å². The quantitative estimate of drug-likeness (QED) is 0.335. The van der Waals surface area contributed by atoms with Crippen LogP contribution in [0.3, 0.4) is 0 Å². The lowest BCUT2D eigenvalue weighted by molar-refractivity contribution is -0.0300. The number of hydrogen-bond acceptors (Lipinski definition) is 9. The minimum atomic E-state index is -0.929. The van der Waals surface area contributed by atoms with Crippen molar-refractivity contribution in [2.45, 2.75) is 57.7 Å². The van der Waals surface area contributed by atoms with Crippen molar-refractivity contribution in [2.75, 3.05) is 31.1 Å². The number of rotatable bonds is 5. The van der Waals surface area contributed by atoms with Gasteiger partial charge in [0.25, 0.3) is 0 Å². The number of aromatic nitrogens is 6. The van der Waals surface area contributed by atoms with E-state index in [4.69, 9.17) is 30.8 Å². The number of carbonyl (C=O) groups is 1. The Labute approximate surface area is 251 Å². The third-order valence-corrected chi connectivity index (χ3v) is 9.26. The summed E-state index contributed by atoms with van der Waals surface area (Å²) in [5, 5.41) is 14.0. The maximum atomic E-state index is 11.8. The number of nitrogens with one attached hydrogen (secondary N) is 1. The normalized spacial score (nSPS) is 24.3. The standard InChI is InChI=1S/C29H33ClN8O5/c1-16-2-4-17(5-3-16)14-38-25-20(33-27(38)37-8-9-42-23-15-36(29(40)41)7-6-22(23)37)11-21(26-34-28(39)43-35-26)32-24(25)18-10-19(30)13-31-12-18/h10-13,16-17,22-23H,2-9,14-15H2,1H3,(H,40,41)(H,34,35,39)/t16-,17-,22-,23-/m1/s1. The third-order valence-electron chi connectivity index (χ3n) is 9.06. The number of ether oxygens (including phenoxy) is 1. The van der Waals surface area contributed by atoms with Crippen molar-refractivity contribution in [3.63, 3.8) is 0 Å². The van der Waals surface area contributed by atoms with Crippen LogP contribution < -0.4 is 10.7 Å². The van der Waals surface area contributed by atoms with Crippen molar-refractivity contribution in [1.29, 1.82) is 0 Å². The molecule has 6 heterocycles. The molecule has 7 rings (SSSR count). The van der Waals surface area contributed by atoms with Gasteiger partial charge in [0.1, 0.15) is 5.69 Å². The Hall–Kier alpha value is -3.97. The van der Waals surface area contributed by atoms with Crippen molar-refractivity contribution in [3.05, 3.63) is 40.1 Å². The number of imidazole rings is 1. The number of piperidine rings is 1. The summed E-state index contributed by atoms with van der Waals surface area (Å²) in [6.07, 6.45) is 7.37. The number of halogens is 1. The Bertz CT molecular complexity index is 1710. The van der Waals surface area contributed by atoms with Gasteiger partial charge >= 0.3 is 11.8 Å². The van der Waals surface area contributed by atoms with Crippen LogP contribution in [0.15, 0.2) is 33.8 Å². The molecule has 0 spiro atoms. The predicted octanol–water partition coefficient (Wildman–Crippen LogP) is 4.27. The number of likely N-dealkylation sites (tertiary alicyclic amines) is 1. The van der Waals surface area contributed by atoms with Gasteiger partial charge in [-0.2, -0.15) is 0 Å². The van der Waals surface area contributed by atoms with E-state index in [1.54, 1.807) is 12.4 Å². The van der Waals surface area contributed by atoms with Crippen molar-refractivity contribution in [1.82, 2.24) is 34.6 Å². The highest BCUT2D eigenvalue weighted by Gasteiger charge is 2.40. The fourth-order valence-corrected chi connectivity index (χ4v) is 7.00. The Morgan fingerprint density at radius 2 is 1.98 bits per heavy atom. The summed E-state index contributed by atoms with van der Waals surface area (Å²) in [5.74, 6) is 1.52. The maximum Gasteiger partial charge on any atom is 0.439 e. The second-order valence-corrected chi connectivity index (χ2v) is 12.3. The molecule has 1 aliphatic carbocycles. The van der Waals surface area contributed by atoms with E-state index in [0.717, 1.165) is 36.8 Å². The number of fused-ring (bicyclic) bond motifs is 2. The number of H-pyrrole nitrogens is 1. The molecule has 226 valence electrons. The van der Waals surface area contributed by atoms with E-state index < -0.39 is 11.8 Å². The predicted molar refractivity (Wildman–Crippen MR) is 158 cm³/mol. The first-order valence-electron chi connectivity index (χ1n) is 14.8. The molecule has 2 atom stereocenters. The second kappa shape index (κ2) is 11.3. The molecule has 4 aromatic rings. The third kappa shape index (κ3) is 5.35. The molecule has 0 bridgehead atoms. The van der Waals surface area contributed by atoms with Crippen LogP contribution in [-0.2, 0) is 11.3 Å². The summed E-state index contributed by atoms with van der Waals surface area (Å²) in [7, 11) is 0. The van der Waals surface area contributed by atoms with Gasteiger partial charge in [0.05, 0.1) is 47.0 Å². The first-order valence-corrected chi connectivity index (χ1v) is 15.2. The highest BCUT2D eigenvalue weighted by atomic mass is 35.5. The summed E-state index contributed by atoms with van der Waals surface area (Å²) in [5.41, 5.74) is 3.28. The lowest BCUT2D eigenvalue weighted by atomic mass is 9.83.